The molecule has 1 atom stereocenters. The SMILES string of the molecule is CC(C)OCCOC(=O)C(CN)CC(C)(C)C. The summed E-state index contributed by atoms with van der Waals surface area (Å²) in [4.78, 5) is 11.7. The fourth-order valence-electron chi connectivity index (χ4n) is 1.55. The van der Waals surface area contributed by atoms with Gasteiger partial charge in [-0.05, 0) is 25.7 Å². The number of hydrogen-bond acceptors (Lipinski definition) is 4. The maximum absolute atomic E-state index is 11.7. The van der Waals surface area contributed by atoms with Crippen LogP contribution in [0.15, 0.2) is 0 Å². The average molecular weight is 245 g/mol. The van der Waals surface area contributed by atoms with Crippen LogP contribution in [-0.2, 0) is 14.3 Å². The Balaban J connectivity index is 3.93. The highest BCUT2D eigenvalue weighted by atomic mass is 16.6. The second kappa shape index (κ2) is 7.67. The molecule has 17 heavy (non-hydrogen) atoms. The van der Waals surface area contributed by atoms with Gasteiger partial charge in [0.15, 0.2) is 0 Å². The molecule has 4 heteroatoms. The highest BCUT2D eigenvalue weighted by Gasteiger charge is 2.24. The topological polar surface area (TPSA) is 61.5 Å². The van der Waals surface area contributed by atoms with Gasteiger partial charge < -0.3 is 15.2 Å². The van der Waals surface area contributed by atoms with Gasteiger partial charge in [-0.25, -0.2) is 0 Å². The van der Waals surface area contributed by atoms with Crippen molar-refractivity contribution in [2.24, 2.45) is 17.1 Å². The molecule has 0 rings (SSSR count). The van der Waals surface area contributed by atoms with Gasteiger partial charge in [-0.15, -0.1) is 0 Å². The molecule has 0 radical (unpaired) electrons. The number of ether oxygens (including phenoxy) is 2. The van der Waals surface area contributed by atoms with Gasteiger partial charge in [-0.2, -0.15) is 0 Å². The smallest absolute Gasteiger partial charge is 0.310 e. The predicted octanol–water partition coefficient (Wildman–Crippen LogP) is 1.97. The molecular formula is C13H27NO3. The molecule has 1 unspecified atom stereocenters. The van der Waals surface area contributed by atoms with E-state index < -0.39 is 0 Å². The van der Waals surface area contributed by atoms with Crippen LogP contribution in [0, 0.1) is 11.3 Å². The van der Waals surface area contributed by atoms with Crippen LogP contribution in [0.1, 0.15) is 41.0 Å². The zero-order valence-electron chi connectivity index (χ0n) is 11.8. The molecule has 0 aromatic heterocycles. The lowest BCUT2D eigenvalue weighted by Crippen LogP contribution is -2.30. The molecule has 0 saturated carbocycles. The average Bonchev–Trinajstić information content (AvgIpc) is 2.19. The second-order valence-electron chi connectivity index (χ2n) is 5.78. The van der Waals surface area contributed by atoms with E-state index in [-0.39, 0.29) is 23.4 Å². The van der Waals surface area contributed by atoms with Gasteiger partial charge >= 0.3 is 5.97 Å². The second-order valence-corrected chi connectivity index (χ2v) is 5.78. The minimum Gasteiger partial charge on any atom is -0.463 e. The van der Waals surface area contributed by atoms with Crippen molar-refractivity contribution in [3.05, 3.63) is 0 Å². The van der Waals surface area contributed by atoms with Gasteiger partial charge in [-0.1, -0.05) is 20.8 Å². The number of esters is 1. The molecular weight excluding hydrogens is 218 g/mol. The number of hydrogen-bond donors (Lipinski definition) is 1. The molecule has 4 nitrogen and oxygen atoms in total. The Bertz CT molecular complexity index is 221. The van der Waals surface area contributed by atoms with Crippen molar-refractivity contribution in [1.82, 2.24) is 0 Å². The molecule has 0 aliphatic heterocycles. The summed E-state index contributed by atoms with van der Waals surface area (Å²) >= 11 is 0. The van der Waals surface area contributed by atoms with Crippen molar-refractivity contribution in [3.8, 4) is 0 Å². The van der Waals surface area contributed by atoms with Crippen LogP contribution in [0.5, 0.6) is 0 Å². The minimum absolute atomic E-state index is 0.0808. The van der Waals surface area contributed by atoms with Gasteiger partial charge in [0, 0.05) is 6.54 Å². The van der Waals surface area contributed by atoms with Crippen LogP contribution in [0.4, 0.5) is 0 Å². The first kappa shape index (κ1) is 16.4. The van der Waals surface area contributed by atoms with Gasteiger partial charge in [-0.3, -0.25) is 4.79 Å². The molecule has 0 aliphatic rings. The molecule has 0 amide bonds. The highest BCUT2D eigenvalue weighted by molar-refractivity contribution is 5.72. The Morgan fingerprint density at radius 1 is 1.24 bits per heavy atom. The van der Waals surface area contributed by atoms with Crippen molar-refractivity contribution in [3.63, 3.8) is 0 Å². The minimum atomic E-state index is -0.214. The molecule has 0 heterocycles. The van der Waals surface area contributed by atoms with Crippen LogP contribution < -0.4 is 5.73 Å². The molecule has 102 valence electrons. The van der Waals surface area contributed by atoms with Gasteiger partial charge in [0.25, 0.3) is 0 Å². The Hall–Kier alpha value is -0.610. The van der Waals surface area contributed by atoms with E-state index in [0.717, 1.165) is 6.42 Å². The van der Waals surface area contributed by atoms with Crippen LogP contribution in [0.25, 0.3) is 0 Å². The molecule has 0 aromatic carbocycles. The number of rotatable bonds is 7. The first-order valence-electron chi connectivity index (χ1n) is 6.24. The van der Waals surface area contributed by atoms with Gasteiger partial charge in [0.1, 0.15) is 6.61 Å². The molecule has 0 fully saturated rings. The fourth-order valence-corrected chi connectivity index (χ4v) is 1.55. The molecule has 0 saturated heterocycles. The van der Waals surface area contributed by atoms with Crippen LogP contribution in [-0.4, -0.2) is 31.8 Å². The van der Waals surface area contributed by atoms with E-state index in [0.29, 0.717) is 19.8 Å². The van der Waals surface area contributed by atoms with E-state index in [1.54, 1.807) is 0 Å². The zero-order valence-corrected chi connectivity index (χ0v) is 11.8. The van der Waals surface area contributed by atoms with Crippen molar-refractivity contribution in [1.29, 1.82) is 0 Å². The van der Waals surface area contributed by atoms with Crippen molar-refractivity contribution in [2.75, 3.05) is 19.8 Å². The first-order valence-corrected chi connectivity index (χ1v) is 6.24. The molecule has 0 aliphatic carbocycles. The van der Waals surface area contributed by atoms with Crippen molar-refractivity contribution >= 4 is 5.97 Å². The standard InChI is InChI=1S/C13H27NO3/c1-10(2)16-6-7-17-12(15)11(9-14)8-13(3,4)5/h10-11H,6-9,14H2,1-5H3. The Morgan fingerprint density at radius 3 is 2.24 bits per heavy atom. The maximum Gasteiger partial charge on any atom is 0.310 e. The molecule has 0 spiro atoms. The monoisotopic (exact) mass is 245 g/mol. The number of nitrogens with two attached hydrogens (primary N) is 1. The third kappa shape index (κ3) is 9.12. The van der Waals surface area contributed by atoms with E-state index in [2.05, 4.69) is 20.8 Å². The highest BCUT2D eigenvalue weighted by Crippen LogP contribution is 2.24. The van der Waals surface area contributed by atoms with E-state index in [1.807, 2.05) is 13.8 Å². The maximum atomic E-state index is 11.7. The lowest BCUT2D eigenvalue weighted by molar-refractivity contribution is -0.151. The predicted molar refractivity (Wildman–Crippen MR) is 68.7 cm³/mol. The lowest BCUT2D eigenvalue weighted by Gasteiger charge is -2.23. The van der Waals surface area contributed by atoms with E-state index in [9.17, 15) is 4.79 Å². The Morgan fingerprint density at radius 2 is 1.82 bits per heavy atom. The molecule has 2 N–H and O–H groups in total. The third-order valence-electron chi connectivity index (χ3n) is 2.26. The normalized spacial score (nSPS) is 13.8. The Labute approximate surface area is 105 Å². The third-order valence-corrected chi connectivity index (χ3v) is 2.26. The van der Waals surface area contributed by atoms with Crippen molar-refractivity contribution in [2.45, 2.75) is 47.1 Å². The summed E-state index contributed by atoms with van der Waals surface area (Å²) in [6.07, 6.45) is 0.904. The summed E-state index contributed by atoms with van der Waals surface area (Å²) in [5, 5.41) is 0. The summed E-state index contributed by atoms with van der Waals surface area (Å²) < 4.78 is 10.4. The lowest BCUT2D eigenvalue weighted by atomic mass is 9.85. The Kier molecular flexibility index (Phi) is 7.39. The molecule has 0 bridgehead atoms. The van der Waals surface area contributed by atoms with Crippen LogP contribution in [0.2, 0.25) is 0 Å². The number of carbonyl (C=O) groups is 1. The van der Waals surface area contributed by atoms with Gasteiger partial charge in [0.2, 0.25) is 0 Å². The van der Waals surface area contributed by atoms with Crippen molar-refractivity contribution < 1.29 is 14.3 Å². The first-order chi connectivity index (χ1) is 7.76. The summed E-state index contributed by atoms with van der Waals surface area (Å²) in [5.41, 5.74) is 5.68. The fraction of sp³-hybridized carbons (Fsp3) is 0.923. The van der Waals surface area contributed by atoms with E-state index >= 15 is 0 Å². The molecule has 0 aromatic rings. The summed E-state index contributed by atoms with van der Waals surface area (Å²) in [7, 11) is 0. The summed E-state index contributed by atoms with van der Waals surface area (Å²) in [6.45, 7) is 11.2. The summed E-state index contributed by atoms with van der Waals surface area (Å²) in [6, 6.07) is 0. The van der Waals surface area contributed by atoms with Gasteiger partial charge in [0.05, 0.1) is 18.6 Å². The van der Waals surface area contributed by atoms with E-state index in [4.69, 9.17) is 15.2 Å². The summed E-state index contributed by atoms with van der Waals surface area (Å²) in [5.74, 6) is -0.427. The van der Waals surface area contributed by atoms with Crippen LogP contribution >= 0.6 is 0 Å². The van der Waals surface area contributed by atoms with E-state index in [1.165, 1.54) is 0 Å². The number of carbonyl (C=O) groups excluding carboxylic acids is 1. The largest absolute Gasteiger partial charge is 0.463 e. The van der Waals surface area contributed by atoms with Crippen LogP contribution in [0.3, 0.4) is 0 Å². The quantitative estimate of drug-likeness (QED) is 0.550. The zero-order chi connectivity index (χ0) is 13.5.